The molecule has 4 heteroatoms. The fourth-order valence-corrected chi connectivity index (χ4v) is 1.85. The number of aliphatic hydroxyl groups is 1. The molecule has 1 aromatic rings. The van der Waals surface area contributed by atoms with Gasteiger partial charge in [0, 0.05) is 6.54 Å². The molecule has 1 rings (SSSR count). The third kappa shape index (κ3) is 3.61. The standard InChI is InChI=1S/C12H20BrNO2/c1-8(11-9(13)5-6-16-11)14-7-10(15)12(2,3)4/h5-6,8,10,14-15H,7H2,1-4H3. The monoisotopic (exact) mass is 289 g/mol. The minimum absolute atomic E-state index is 0.0846. The van der Waals surface area contributed by atoms with Crippen LogP contribution in [-0.4, -0.2) is 17.8 Å². The molecule has 2 N–H and O–H groups in total. The summed E-state index contributed by atoms with van der Waals surface area (Å²) < 4.78 is 6.31. The fraction of sp³-hybridized carbons (Fsp3) is 0.667. The highest BCUT2D eigenvalue weighted by molar-refractivity contribution is 9.10. The maximum atomic E-state index is 9.90. The average molecular weight is 290 g/mol. The van der Waals surface area contributed by atoms with Crippen molar-refractivity contribution in [1.82, 2.24) is 5.32 Å². The fourth-order valence-electron chi connectivity index (χ4n) is 1.30. The summed E-state index contributed by atoms with van der Waals surface area (Å²) in [5, 5.41) is 13.2. The minimum Gasteiger partial charge on any atom is -0.466 e. The van der Waals surface area contributed by atoms with Gasteiger partial charge in [-0.1, -0.05) is 20.8 Å². The van der Waals surface area contributed by atoms with E-state index in [1.54, 1.807) is 6.26 Å². The summed E-state index contributed by atoms with van der Waals surface area (Å²) in [5.41, 5.74) is -0.104. The summed E-state index contributed by atoms with van der Waals surface area (Å²) in [6.45, 7) is 8.63. The van der Waals surface area contributed by atoms with E-state index < -0.39 is 0 Å². The van der Waals surface area contributed by atoms with E-state index in [9.17, 15) is 5.11 Å². The molecule has 0 amide bonds. The molecule has 16 heavy (non-hydrogen) atoms. The van der Waals surface area contributed by atoms with E-state index >= 15 is 0 Å². The van der Waals surface area contributed by atoms with Gasteiger partial charge in [0.2, 0.25) is 0 Å². The number of furan rings is 1. The number of hydrogen-bond acceptors (Lipinski definition) is 3. The second-order valence-corrected chi connectivity index (χ2v) is 6.00. The molecule has 0 aliphatic rings. The minimum atomic E-state index is -0.372. The molecule has 0 radical (unpaired) electrons. The molecule has 0 aliphatic heterocycles. The maximum Gasteiger partial charge on any atom is 0.134 e. The molecule has 1 aromatic heterocycles. The van der Waals surface area contributed by atoms with Crippen LogP contribution in [0, 0.1) is 5.41 Å². The van der Waals surface area contributed by atoms with Crippen molar-refractivity contribution in [2.75, 3.05) is 6.54 Å². The second-order valence-electron chi connectivity index (χ2n) is 5.14. The molecular weight excluding hydrogens is 270 g/mol. The number of halogens is 1. The SMILES string of the molecule is CC(NCC(O)C(C)(C)C)c1occc1Br. The lowest BCUT2D eigenvalue weighted by Crippen LogP contribution is -2.37. The van der Waals surface area contributed by atoms with Crippen LogP contribution in [0.4, 0.5) is 0 Å². The Morgan fingerprint density at radius 3 is 2.56 bits per heavy atom. The van der Waals surface area contributed by atoms with Crippen LogP contribution in [-0.2, 0) is 0 Å². The van der Waals surface area contributed by atoms with Crippen molar-refractivity contribution in [3.8, 4) is 0 Å². The topological polar surface area (TPSA) is 45.4 Å². The van der Waals surface area contributed by atoms with Gasteiger partial charge in [-0.2, -0.15) is 0 Å². The summed E-state index contributed by atoms with van der Waals surface area (Å²) in [4.78, 5) is 0. The van der Waals surface area contributed by atoms with Crippen LogP contribution in [0.1, 0.15) is 39.5 Å². The Hall–Kier alpha value is -0.320. The van der Waals surface area contributed by atoms with E-state index in [2.05, 4.69) is 21.2 Å². The summed E-state index contributed by atoms with van der Waals surface area (Å²) in [5.74, 6) is 0.862. The largest absolute Gasteiger partial charge is 0.466 e. The van der Waals surface area contributed by atoms with E-state index in [4.69, 9.17) is 4.42 Å². The molecule has 92 valence electrons. The van der Waals surface area contributed by atoms with Gasteiger partial charge in [0.05, 0.1) is 22.9 Å². The molecule has 0 fully saturated rings. The van der Waals surface area contributed by atoms with Crippen LogP contribution in [0.3, 0.4) is 0 Å². The van der Waals surface area contributed by atoms with Gasteiger partial charge in [-0.3, -0.25) is 0 Å². The van der Waals surface area contributed by atoms with E-state index in [0.29, 0.717) is 6.54 Å². The second kappa shape index (κ2) is 5.34. The summed E-state index contributed by atoms with van der Waals surface area (Å²) >= 11 is 3.42. The first-order valence-corrected chi connectivity index (χ1v) is 6.26. The van der Waals surface area contributed by atoms with Crippen molar-refractivity contribution >= 4 is 15.9 Å². The Balaban J connectivity index is 2.48. The molecule has 0 aromatic carbocycles. The normalized spacial score (nSPS) is 16.1. The van der Waals surface area contributed by atoms with Crippen LogP contribution in [0.5, 0.6) is 0 Å². The molecule has 2 unspecified atom stereocenters. The van der Waals surface area contributed by atoms with Crippen molar-refractivity contribution in [1.29, 1.82) is 0 Å². The third-order valence-corrected chi connectivity index (χ3v) is 3.31. The van der Waals surface area contributed by atoms with Crippen molar-refractivity contribution < 1.29 is 9.52 Å². The molecule has 2 atom stereocenters. The molecule has 0 bridgehead atoms. The van der Waals surface area contributed by atoms with Crippen LogP contribution in [0.15, 0.2) is 21.2 Å². The van der Waals surface area contributed by atoms with E-state index in [1.807, 2.05) is 33.8 Å². The van der Waals surface area contributed by atoms with Crippen LogP contribution in [0.25, 0.3) is 0 Å². The van der Waals surface area contributed by atoms with Gasteiger partial charge in [-0.05, 0) is 34.3 Å². The molecular formula is C12H20BrNO2. The Kier molecular flexibility index (Phi) is 4.59. The summed E-state index contributed by atoms with van der Waals surface area (Å²) in [6.07, 6.45) is 1.28. The first-order chi connectivity index (χ1) is 7.32. The van der Waals surface area contributed by atoms with Crippen LogP contribution < -0.4 is 5.32 Å². The smallest absolute Gasteiger partial charge is 0.134 e. The number of nitrogens with one attached hydrogen (secondary N) is 1. The summed E-state index contributed by atoms with van der Waals surface area (Å²) in [6, 6.07) is 1.95. The zero-order valence-electron chi connectivity index (χ0n) is 10.2. The van der Waals surface area contributed by atoms with Gasteiger partial charge >= 0.3 is 0 Å². The van der Waals surface area contributed by atoms with Crippen molar-refractivity contribution in [2.45, 2.75) is 39.8 Å². The predicted molar refractivity (Wildman–Crippen MR) is 68.3 cm³/mol. The van der Waals surface area contributed by atoms with Crippen LogP contribution >= 0.6 is 15.9 Å². The van der Waals surface area contributed by atoms with Gasteiger partial charge < -0.3 is 14.8 Å². The number of hydrogen-bond donors (Lipinski definition) is 2. The summed E-state index contributed by atoms with van der Waals surface area (Å²) in [7, 11) is 0. The lowest BCUT2D eigenvalue weighted by Gasteiger charge is -2.27. The van der Waals surface area contributed by atoms with E-state index in [1.165, 1.54) is 0 Å². The Labute approximate surface area is 105 Å². The zero-order chi connectivity index (χ0) is 12.3. The Bertz CT molecular complexity index is 330. The molecule has 0 aliphatic carbocycles. The van der Waals surface area contributed by atoms with Crippen LogP contribution in [0.2, 0.25) is 0 Å². The highest BCUT2D eigenvalue weighted by Gasteiger charge is 2.23. The quantitative estimate of drug-likeness (QED) is 0.895. The van der Waals surface area contributed by atoms with Gasteiger partial charge in [0.1, 0.15) is 5.76 Å². The van der Waals surface area contributed by atoms with Gasteiger partial charge in [-0.15, -0.1) is 0 Å². The zero-order valence-corrected chi connectivity index (χ0v) is 11.8. The van der Waals surface area contributed by atoms with Gasteiger partial charge in [-0.25, -0.2) is 0 Å². The molecule has 0 spiro atoms. The predicted octanol–water partition coefficient (Wildman–Crippen LogP) is 3.10. The van der Waals surface area contributed by atoms with E-state index in [0.717, 1.165) is 10.2 Å². The molecule has 0 saturated heterocycles. The van der Waals surface area contributed by atoms with E-state index in [-0.39, 0.29) is 17.6 Å². The lowest BCUT2D eigenvalue weighted by molar-refractivity contribution is 0.0603. The van der Waals surface area contributed by atoms with Gasteiger partial charge in [0.25, 0.3) is 0 Å². The average Bonchev–Trinajstić information content (AvgIpc) is 2.58. The Morgan fingerprint density at radius 1 is 1.50 bits per heavy atom. The molecule has 1 heterocycles. The Morgan fingerprint density at radius 2 is 2.12 bits per heavy atom. The molecule has 0 saturated carbocycles. The first-order valence-electron chi connectivity index (χ1n) is 5.46. The highest BCUT2D eigenvalue weighted by atomic mass is 79.9. The van der Waals surface area contributed by atoms with Crippen molar-refractivity contribution in [3.63, 3.8) is 0 Å². The van der Waals surface area contributed by atoms with Gasteiger partial charge in [0.15, 0.2) is 0 Å². The number of aliphatic hydroxyl groups excluding tert-OH is 1. The first kappa shape index (κ1) is 13.7. The lowest BCUT2D eigenvalue weighted by atomic mass is 9.89. The van der Waals surface area contributed by atoms with Crippen molar-refractivity contribution in [3.05, 3.63) is 22.6 Å². The maximum absolute atomic E-state index is 9.90. The molecule has 3 nitrogen and oxygen atoms in total. The number of rotatable bonds is 4. The third-order valence-electron chi connectivity index (χ3n) is 2.66. The van der Waals surface area contributed by atoms with Crippen molar-refractivity contribution in [2.24, 2.45) is 5.41 Å². The highest BCUT2D eigenvalue weighted by Crippen LogP contribution is 2.25.